The van der Waals surface area contributed by atoms with Gasteiger partial charge in [-0.1, -0.05) is 64.7 Å². The Morgan fingerprint density at radius 1 is 0.850 bits per heavy atom. The Kier molecular flexibility index (Phi) is 5.69. The first-order valence-electron chi connectivity index (χ1n) is 9.18. The molecule has 2 fully saturated rings. The first-order valence-corrected chi connectivity index (χ1v) is 9.18. The molecule has 0 N–H and O–H groups in total. The zero-order valence-electron chi connectivity index (χ0n) is 13.8. The fourth-order valence-electron chi connectivity index (χ4n) is 5.32. The molecule has 0 atom stereocenters. The summed E-state index contributed by atoms with van der Waals surface area (Å²) in [6.07, 6.45) is 18.4. The first kappa shape index (κ1) is 16.0. The van der Waals surface area contributed by atoms with Crippen molar-refractivity contribution in [2.75, 3.05) is 0 Å². The number of hydrogen-bond donors (Lipinski definition) is 0. The molecule has 0 bridgehead atoms. The number of ketones is 1. The fraction of sp³-hybridized carbons (Fsp3) is 0.947. The highest BCUT2D eigenvalue weighted by Crippen LogP contribution is 2.59. The van der Waals surface area contributed by atoms with Gasteiger partial charge in [0.1, 0.15) is 5.78 Å². The molecule has 0 aromatic carbocycles. The average Bonchev–Trinajstić information content (AvgIpc) is 2.49. The van der Waals surface area contributed by atoms with E-state index >= 15 is 0 Å². The van der Waals surface area contributed by atoms with Crippen LogP contribution in [0.1, 0.15) is 104 Å². The third-order valence-corrected chi connectivity index (χ3v) is 6.47. The molecule has 2 saturated carbocycles. The molecule has 0 heterocycles. The lowest BCUT2D eigenvalue weighted by Gasteiger charge is -2.54. The highest BCUT2D eigenvalue weighted by atomic mass is 16.1. The number of rotatable bonds is 6. The van der Waals surface area contributed by atoms with Crippen molar-refractivity contribution >= 4 is 5.78 Å². The SMILES string of the molecule is CCCCCC1(C2(C(C)=O)CCCCC2)CCCCC1. The lowest BCUT2D eigenvalue weighted by molar-refractivity contribution is -0.143. The van der Waals surface area contributed by atoms with Gasteiger partial charge in [0, 0.05) is 5.41 Å². The minimum atomic E-state index is 0.0550. The van der Waals surface area contributed by atoms with Gasteiger partial charge in [-0.25, -0.2) is 0 Å². The Morgan fingerprint density at radius 3 is 1.90 bits per heavy atom. The zero-order chi connectivity index (χ0) is 14.5. The molecule has 116 valence electrons. The van der Waals surface area contributed by atoms with Gasteiger partial charge in [0.05, 0.1) is 0 Å². The van der Waals surface area contributed by atoms with E-state index in [1.807, 2.05) is 6.92 Å². The monoisotopic (exact) mass is 278 g/mol. The van der Waals surface area contributed by atoms with Crippen LogP contribution in [-0.2, 0) is 4.79 Å². The number of hydrogen-bond acceptors (Lipinski definition) is 1. The molecule has 0 spiro atoms. The van der Waals surface area contributed by atoms with E-state index in [1.54, 1.807) is 0 Å². The molecule has 1 heteroatoms. The number of carbonyl (C=O) groups excluding carboxylic acids is 1. The van der Waals surface area contributed by atoms with Crippen molar-refractivity contribution in [2.24, 2.45) is 10.8 Å². The Bertz CT molecular complexity index is 306. The molecular formula is C19H34O. The third kappa shape index (κ3) is 2.97. The quantitative estimate of drug-likeness (QED) is 0.540. The van der Waals surface area contributed by atoms with Gasteiger partial charge < -0.3 is 0 Å². The summed E-state index contributed by atoms with van der Waals surface area (Å²) in [6.45, 7) is 4.19. The van der Waals surface area contributed by atoms with Gasteiger partial charge in [0.25, 0.3) is 0 Å². The van der Waals surface area contributed by atoms with Crippen LogP contribution < -0.4 is 0 Å². The molecule has 0 aliphatic heterocycles. The van der Waals surface area contributed by atoms with Gasteiger partial charge in [-0.15, -0.1) is 0 Å². The topological polar surface area (TPSA) is 17.1 Å². The number of unbranched alkanes of at least 4 members (excludes halogenated alkanes) is 2. The third-order valence-electron chi connectivity index (χ3n) is 6.47. The van der Waals surface area contributed by atoms with E-state index in [0.717, 1.165) is 0 Å². The highest BCUT2D eigenvalue weighted by Gasteiger charge is 2.53. The largest absolute Gasteiger partial charge is 0.299 e. The van der Waals surface area contributed by atoms with E-state index in [4.69, 9.17) is 0 Å². The molecule has 0 saturated heterocycles. The van der Waals surface area contributed by atoms with Crippen LogP contribution in [-0.4, -0.2) is 5.78 Å². The number of carbonyl (C=O) groups is 1. The summed E-state index contributed by atoms with van der Waals surface area (Å²) in [4.78, 5) is 12.7. The summed E-state index contributed by atoms with van der Waals surface area (Å²) < 4.78 is 0. The van der Waals surface area contributed by atoms with Crippen LogP contribution in [0, 0.1) is 10.8 Å². The lowest BCUT2D eigenvalue weighted by Crippen LogP contribution is -2.49. The van der Waals surface area contributed by atoms with Gasteiger partial charge in [-0.05, 0) is 44.4 Å². The van der Waals surface area contributed by atoms with Gasteiger partial charge in [-0.2, -0.15) is 0 Å². The van der Waals surface area contributed by atoms with Crippen LogP contribution in [0.2, 0.25) is 0 Å². The van der Waals surface area contributed by atoms with E-state index in [1.165, 1.54) is 89.9 Å². The smallest absolute Gasteiger partial charge is 0.136 e. The van der Waals surface area contributed by atoms with Crippen LogP contribution in [0.15, 0.2) is 0 Å². The van der Waals surface area contributed by atoms with Gasteiger partial charge in [0.15, 0.2) is 0 Å². The molecule has 0 amide bonds. The van der Waals surface area contributed by atoms with Crippen molar-refractivity contribution in [3.8, 4) is 0 Å². The van der Waals surface area contributed by atoms with Crippen molar-refractivity contribution in [2.45, 2.75) is 104 Å². The van der Waals surface area contributed by atoms with Gasteiger partial charge in [-0.3, -0.25) is 4.79 Å². The van der Waals surface area contributed by atoms with E-state index in [2.05, 4.69) is 6.92 Å². The lowest BCUT2D eigenvalue weighted by atomic mass is 9.49. The molecule has 0 unspecified atom stereocenters. The number of Topliss-reactive ketones (excluding diaryl/α,β-unsaturated/α-hetero) is 1. The second-order valence-electron chi connectivity index (χ2n) is 7.50. The van der Waals surface area contributed by atoms with E-state index in [-0.39, 0.29) is 5.41 Å². The summed E-state index contributed by atoms with van der Waals surface area (Å²) in [7, 11) is 0. The fourth-order valence-corrected chi connectivity index (χ4v) is 5.32. The highest BCUT2D eigenvalue weighted by molar-refractivity contribution is 5.83. The molecule has 2 rings (SSSR count). The summed E-state index contributed by atoms with van der Waals surface area (Å²) in [5, 5.41) is 0. The van der Waals surface area contributed by atoms with Gasteiger partial charge in [0.2, 0.25) is 0 Å². The molecule has 20 heavy (non-hydrogen) atoms. The molecular weight excluding hydrogens is 244 g/mol. The normalized spacial score (nSPS) is 25.3. The molecule has 0 aromatic rings. The minimum Gasteiger partial charge on any atom is -0.299 e. The summed E-state index contributed by atoms with van der Waals surface area (Å²) in [6, 6.07) is 0. The van der Waals surface area contributed by atoms with Gasteiger partial charge >= 0.3 is 0 Å². The zero-order valence-corrected chi connectivity index (χ0v) is 13.8. The minimum absolute atomic E-state index is 0.0550. The van der Waals surface area contributed by atoms with Crippen LogP contribution in [0.3, 0.4) is 0 Å². The molecule has 1 nitrogen and oxygen atoms in total. The maximum Gasteiger partial charge on any atom is 0.136 e. The summed E-state index contributed by atoms with van der Waals surface area (Å²) >= 11 is 0. The van der Waals surface area contributed by atoms with E-state index in [9.17, 15) is 4.79 Å². The first-order chi connectivity index (χ1) is 9.67. The maximum atomic E-state index is 12.7. The van der Waals surface area contributed by atoms with Crippen molar-refractivity contribution in [3.05, 3.63) is 0 Å². The average molecular weight is 278 g/mol. The predicted molar refractivity (Wildman–Crippen MR) is 85.9 cm³/mol. The predicted octanol–water partition coefficient (Wildman–Crippen LogP) is 6.06. The summed E-state index contributed by atoms with van der Waals surface area (Å²) in [5.74, 6) is 0.524. The standard InChI is InChI=1S/C19H34O/c1-3-4-7-12-18(13-8-5-9-14-18)19(17(2)20)15-10-6-11-16-19/h3-16H2,1-2H3. The van der Waals surface area contributed by atoms with Crippen LogP contribution in [0.4, 0.5) is 0 Å². The van der Waals surface area contributed by atoms with Crippen LogP contribution in [0.5, 0.6) is 0 Å². The Labute approximate surface area is 125 Å². The second kappa shape index (κ2) is 7.09. The Hall–Kier alpha value is -0.330. The Balaban J connectivity index is 2.23. The molecule has 0 aromatic heterocycles. The van der Waals surface area contributed by atoms with Crippen molar-refractivity contribution in [3.63, 3.8) is 0 Å². The van der Waals surface area contributed by atoms with Crippen LogP contribution >= 0.6 is 0 Å². The van der Waals surface area contributed by atoms with Crippen LogP contribution in [0.25, 0.3) is 0 Å². The second-order valence-corrected chi connectivity index (χ2v) is 7.50. The molecule has 2 aliphatic rings. The van der Waals surface area contributed by atoms with Crippen molar-refractivity contribution in [1.82, 2.24) is 0 Å². The van der Waals surface area contributed by atoms with Crippen molar-refractivity contribution in [1.29, 1.82) is 0 Å². The van der Waals surface area contributed by atoms with E-state index < -0.39 is 0 Å². The molecule has 0 radical (unpaired) electrons. The summed E-state index contributed by atoms with van der Waals surface area (Å²) in [5.41, 5.74) is 0.423. The van der Waals surface area contributed by atoms with E-state index in [0.29, 0.717) is 11.2 Å². The maximum absolute atomic E-state index is 12.7. The van der Waals surface area contributed by atoms with Crippen molar-refractivity contribution < 1.29 is 4.79 Å². The Morgan fingerprint density at radius 2 is 1.40 bits per heavy atom. The molecule has 2 aliphatic carbocycles.